The fourth-order valence-corrected chi connectivity index (χ4v) is 2.80. The van der Waals surface area contributed by atoms with Crippen molar-refractivity contribution in [2.75, 3.05) is 18.5 Å². The van der Waals surface area contributed by atoms with E-state index in [4.69, 9.17) is 21.1 Å². The summed E-state index contributed by atoms with van der Waals surface area (Å²) in [5, 5.41) is 3.16. The monoisotopic (exact) mass is 425 g/mol. The van der Waals surface area contributed by atoms with Crippen LogP contribution in [0, 0.1) is 6.92 Å². The van der Waals surface area contributed by atoms with E-state index in [9.17, 15) is 9.59 Å². The van der Waals surface area contributed by atoms with Crippen LogP contribution in [0.5, 0.6) is 5.75 Å². The van der Waals surface area contributed by atoms with E-state index in [1.807, 2.05) is 0 Å². The molecule has 0 saturated heterocycles. The maximum absolute atomic E-state index is 12.1. The van der Waals surface area contributed by atoms with Crippen molar-refractivity contribution in [2.24, 2.45) is 0 Å². The van der Waals surface area contributed by atoms with Crippen LogP contribution in [-0.4, -0.2) is 25.1 Å². The van der Waals surface area contributed by atoms with Crippen LogP contribution in [0.4, 0.5) is 5.69 Å². The number of hydrogen-bond donors (Lipinski definition) is 1. The van der Waals surface area contributed by atoms with E-state index < -0.39 is 5.97 Å². The Kier molecular flexibility index (Phi) is 6.84. The highest BCUT2D eigenvalue weighted by Gasteiger charge is 2.11. The van der Waals surface area contributed by atoms with Crippen LogP contribution >= 0.6 is 27.5 Å². The van der Waals surface area contributed by atoms with E-state index in [1.165, 1.54) is 0 Å². The summed E-state index contributed by atoms with van der Waals surface area (Å²) in [4.78, 5) is 23.8. The van der Waals surface area contributed by atoms with Gasteiger partial charge in [0.05, 0.1) is 17.2 Å². The number of carbonyl (C=O) groups excluding carboxylic acids is 2. The number of nitrogens with one attached hydrogen (secondary N) is 1. The van der Waals surface area contributed by atoms with E-state index in [0.29, 0.717) is 28.6 Å². The largest absolute Gasteiger partial charge is 0.482 e. The summed E-state index contributed by atoms with van der Waals surface area (Å²) in [7, 11) is 0. The molecule has 1 amide bonds. The third-order valence-electron chi connectivity index (χ3n) is 3.26. The Hall–Kier alpha value is -2.05. The molecule has 0 aromatic heterocycles. The predicted molar refractivity (Wildman–Crippen MR) is 100 cm³/mol. The molecular weight excluding hydrogens is 410 g/mol. The van der Waals surface area contributed by atoms with Gasteiger partial charge in [0.25, 0.3) is 5.91 Å². The second-order valence-electron chi connectivity index (χ2n) is 5.16. The van der Waals surface area contributed by atoms with Crippen molar-refractivity contribution in [3.63, 3.8) is 0 Å². The highest BCUT2D eigenvalue weighted by atomic mass is 79.9. The minimum Gasteiger partial charge on any atom is -0.482 e. The maximum atomic E-state index is 12.1. The SMILES string of the molecule is CCOC(=O)c1ccc(NC(=O)COc2ccc(Br)cc2Cl)c(C)c1. The lowest BCUT2D eigenvalue weighted by Gasteiger charge is -2.11. The third-order valence-corrected chi connectivity index (χ3v) is 4.05. The second kappa shape index (κ2) is 8.87. The summed E-state index contributed by atoms with van der Waals surface area (Å²) >= 11 is 9.34. The summed E-state index contributed by atoms with van der Waals surface area (Å²) in [5.74, 6) is -0.294. The predicted octanol–water partition coefficient (Wildman–Crippen LogP) is 4.61. The summed E-state index contributed by atoms with van der Waals surface area (Å²) in [6.45, 7) is 3.68. The first-order valence-corrected chi connectivity index (χ1v) is 8.73. The van der Waals surface area contributed by atoms with Gasteiger partial charge in [-0.1, -0.05) is 27.5 Å². The van der Waals surface area contributed by atoms with Crippen molar-refractivity contribution < 1.29 is 19.1 Å². The number of carbonyl (C=O) groups is 2. The zero-order valence-electron chi connectivity index (χ0n) is 13.8. The average Bonchev–Trinajstić information content (AvgIpc) is 2.56. The zero-order valence-corrected chi connectivity index (χ0v) is 16.1. The molecule has 0 saturated carbocycles. The Morgan fingerprint density at radius 2 is 1.96 bits per heavy atom. The van der Waals surface area contributed by atoms with Crippen LogP contribution in [0.15, 0.2) is 40.9 Å². The van der Waals surface area contributed by atoms with Gasteiger partial charge in [0.15, 0.2) is 6.61 Å². The molecule has 2 rings (SSSR count). The normalized spacial score (nSPS) is 10.2. The molecule has 0 unspecified atom stereocenters. The van der Waals surface area contributed by atoms with Crippen LogP contribution in [0.3, 0.4) is 0 Å². The second-order valence-corrected chi connectivity index (χ2v) is 6.48. The number of ether oxygens (including phenoxy) is 2. The van der Waals surface area contributed by atoms with Crippen molar-refractivity contribution in [1.29, 1.82) is 0 Å². The molecule has 0 aliphatic rings. The van der Waals surface area contributed by atoms with Crippen LogP contribution in [0.25, 0.3) is 0 Å². The Morgan fingerprint density at radius 1 is 1.20 bits per heavy atom. The smallest absolute Gasteiger partial charge is 0.338 e. The fourth-order valence-electron chi connectivity index (χ4n) is 2.07. The highest BCUT2D eigenvalue weighted by molar-refractivity contribution is 9.10. The molecule has 2 aromatic rings. The number of benzene rings is 2. The lowest BCUT2D eigenvalue weighted by Crippen LogP contribution is -2.21. The first-order chi connectivity index (χ1) is 11.9. The van der Waals surface area contributed by atoms with Crippen molar-refractivity contribution in [1.82, 2.24) is 0 Å². The van der Waals surface area contributed by atoms with Gasteiger partial charge in [0.1, 0.15) is 5.75 Å². The molecule has 132 valence electrons. The van der Waals surface area contributed by atoms with E-state index in [1.54, 1.807) is 50.2 Å². The van der Waals surface area contributed by atoms with Crippen LogP contribution in [0.1, 0.15) is 22.8 Å². The third kappa shape index (κ3) is 5.47. The molecule has 25 heavy (non-hydrogen) atoms. The number of esters is 1. The number of aryl methyl sites for hydroxylation is 1. The molecule has 0 fully saturated rings. The summed E-state index contributed by atoms with van der Waals surface area (Å²) in [5.41, 5.74) is 1.79. The zero-order chi connectivity index (χ0) is 18.4. The molecule has 0 spiro atoms. The van der Waals surface area contributed by atoms with Gasteiger partial charge in [0.2, 0.25) is 0 Å². The quantitative estimate of drug-likeness (QED) is 0.685. The Morgan fingerprint density at radius 3 is 2.60 bits per heavy atom. The molecule has 5 nitrogen and oxygen atoms in total. The van der Waals surface area contributed by atoms with Gasteiger partial charge in [-0.2, -0.15) is 0 Å². The van der Waals surface area contributed by atoms with E-state index in [2.05, 4.69) is 21.2 Å². The van der Waals surface area contributed by atoms with Gasteiger partial charge >= 0.3 is 5.97 Å². The Labute approximate surface area is 159 Å². The molecule has 0 aliphatic carbocycles. The van der Waals surface area contributed by atoms with Gasteiger partial charge in [0, 0.05) is 10.2 Å². The number of rotatable bonds is 6. The summed E-state index contributed by atoms with van der Waals surface area (Å²) in [6.07, 6.45) is 0. The van der Waals surface area contributed by atoms with Crippen LogP contribution in [-0.2, 0) is 9.53 Å². The van der Waals surface area contributed by atoms with Gasteiger partial charge < -0.3 is 14.8 Å². The first-order valence-electron chi connectivity index (χ1n) is 7.56. The lowest BCUT2D eigenvalue weighted by atomic mass is 10.1. The average molecular weight is 427 g/mol. The molecule has 0 radical (unpaired) electrons. The summed E-state index contributed by atoms with van der Waals surface area (Å²) < 4.78 is 11.2. The van der Waals surface area contributed by atoms with Gasteiger partial charge in [-0.15, -0.1) is 0 Å². The minimum atomic E-state index is -0.392. The fraction of sp³-hybridized carbons (Fsp3) is 0.222. The van der Waals surface area contributed by atoms with Crippen LogP contribution < -0.4 is 10.1 Å². The van der Waals surface area contributed by atoms with Gasteiger partial charge in [-0.05, 0) is 55.8 Å². The van der Waals surface area contributed by atoms with Crippen molar-refractivity contribution in [3.05, 3.63) is 57.0 Å². The molecule has 0 bridgehead atoms. The lowest BCUT2D eigenvalue weighted by molar-refractivity contribution is -0.118. The molecule has 1 N–H and O–H groups in total. The van der Waals surface area contributed by atoms with Crippen molar-refractivity contribution in [2.45, 2.75) is 13.8 Å². The molecule has 0 heterocycles. The van der Waals surface area contributed by atoms with E-state index >= 15 is 0 Å². The molecular formula is C18H17BrClNO4. The summed E-state index contributed by atoms with van der Waals surface area (Å²) in [6, 6.07) is 10.1. The van der Waals surface area contributed by atoms with Crippen LogP contribution in [0.2, 0.25) is 5.02 Å². The number of anilines is 1. The van der Waals surface area contributed by atoms with Gasteiger partial charge in [-0.3, -0.25) is 4.79 Å². The Bertz CT molecular complexity index is 795. The Balaban J connectivity index is 1.97. The molecule has 2 aromatic carbocycles. The first kappa shape index (κ1) is 19.3. The number of hydrogen-bond acceptors (Lipinski definition) is 4. The topological polar surface area (TPSA) is 64.6 Å². The van der Waals surface area contributed by atoms with E-state index in [0.717, 1.165) is 10.0 Å². The molecule has 0 atom stereocenters. The van der Waals surface area contributed by atoms with Gasteiger partial charge in [-0.25, -0.2) is 4.79 Å². The maximum Gasteiger partial charge on any atom is 0.338 e. The highest BCUT2D eigenvalue weighted by Crippen LogP contribution is 2.27. The number of halogens is 2. The van der Waals surface area contributed by atoms with E-state index in [-0.39, 0.29) is 12.5 Å². The van der Waals surface area contributed by atoms with Crippen molar-refractivity contribution in [3.8, 4) is 5.75 Å². The standard InChI is InChI=1S/C18H17BrClNO4/c1-3-24-18(23)12-4-6-15(11(2)8-12)21-17(22)10-25-16-7-5-13(19)9-14(16)20/h4-9H,3,10H2,1-2H3,(H,21,22). The van der Waals surface area contributed by atoms with Crippen molar-refractivity contribution >= 4 is 45.1 Å². The number of amides is 1. The molecule has 0 aliphatic heterocycles. The minimum absolute atomic E-state index is 0.180. The molecule has 7 heteroatoms.